The number of carboxylic acids is 2. The number of aromatic nitrogens is 3. The molecule has 2 heterocycles. The average Bonchev–Trinajstić information content (AvgIpc) is 3.45. The van der Waals surface area contributed by atoms with Crippen LogP contribution in [0.15, 0.2) is 33.6 Å². The molecule has 0 aliphatic heterocycles. The largest absolute Gasteiger partial charge is 0.481 e. The van der Waals surface area contributed by atoms with Crippen molar-refractivity contribution in [3.8, 4) is 0 Å². The molecule has 0 spiro atoms. The highest BCUT2D eigenvalue weighted by Crippen LogP contribution is 2.42. The monoisotopic (exact) mass is 581 g/mol. The van der Waals surface area contributed by atoms with Crippen LogP contribution in [-0.4, -0.2) is 61.0 Å². The number of benzene rings is 1. The van der Waals surface area contributed by atoms with Crippen LogP contribution in [0, 0.1) is 12.8 Å². The predicted octanol–water partition coefficient (Wildman–Crippen LogP) is 4.11. The first kappa shape index (κ1) is 30.9. The zero-order valence-corrected chi connectivity index (χ0v) is 24.6. The van der Waals surface area contributed by atoms with Crippen molar-refractivity contribution in [2.45, 2.75) is 84.2 Å². The first-order valence-corrected chi connectivity index (χ1v) is 14.5. The molecular formula is C30H39N5O7. The van der Waals surface area contributed by atoms with Crippen molar-refractivity contribution in [2.24, 2.45) is 5.92 Å². The molecule has 42 heavy (non-hydrogen) atoms. The highest BCUT2D eigenvalue weighted by molar-refractivity contribution is 5.97. The highest BCUT2D eigenvalue weighted by Gasteiger charge is 2.43. The number of hydrogen-bond acceptors (Lipinski definition) is 8. The van der Waals surface area contributed by atoms with Crippen LogP contribution in [0.4, 0.5) is 5.69 Å². The summed E-state index contributed by atoms with van der Waals surface area (Å²) in [4.78, 5) is 51.2. The van der Waals surface area contributed by atoms with Crippen molar-refractivity contribution in [3.05, 3.63) is 51.6 Å². The molecule has 226 valence electrons. The Morgan fingerprint density at radius 3 is 2.45 bits per heavy atom. The number of aryl methyl sites for hydroxylation is 1. The molecule has 1 saturated carbocycles. The van der Waals surface area contributed by atoms with E-state index in [4.69, 9.17) is 9.52 Å². The third-order valence-electron chi connectivity index (χ3n) is 8.72. The van der Waals surface area contributed by atoms with Crippen LogP contribution in [0.3, 0.4) is 0 Å². The minimum atomic E-state index is -1.18. The van der Waals surface area contributed by atoms with Crippen LogP contribution in [0.5, 0.6) is 0 Å². The van der Waals surface area contributed by atoms with Crippen molar-refractivity contribution < 1.29 is 29.0 Å². The lowest BCUT2D eigenvalue weighted by molar-refractivity contribution is -0.140. The van der Waals surface area contributed by atoms with Gasteiger partial charge in [0.2, 0.25) is 5.91 Å². The molecule has 3 aromatic rings. The third kappa shape index (κ3) is 6.23. The summed E-state index contributed by atoms with van der Waals surface area (Å²) in [5.74, 6) is -2.57. The molecule has 2 atom stereocenters. The molecule has 2 aromatic heterocycles. The van der Waals surface area contributed by atoms with Crippen LogP contribution in [-0.2, 0) is 26.3 Å². The Bertz CT molecular complexity index is 1520. The molecule has 4 rings (SSSR count). The number of nitrogens with one attached hydrogen (secondary N) is 1. The van der Waals surface area contributed by atoms with Crippen molar-refractivity contribution >= 4 is 34.5 Å². The van der Waals surface area contributed by atoms with Crippen molar-refractivity contribution in [1.82, 2.24) is 19.9 Å². The van der Waals surface area contributed by atoms with Crippen LogP contribution >= 0.6 is 0 Å². The SMILES string of the molecule is CCN(CC)C(C)(c1cn(C(CC(=O)O)C(=O)Nc2ccc3c(C)c(CC(=O)O)c(=O)oc3c2)nn1)C1CCCCC1. The number of carbonyl (C=O) groups is 3. The van der Waals surface area contributed by atoms with Gasteiger partial charge >= 0.3 is 17.6 Å². The van der Waals surface area contributed by atoms with Gasteiger partial charge in [0.1, 0.15) is 17.3 Å². The summed E-state index contributed by atoms with van der Waals surface area (Å²) < 4.78 is 6.68. The zero-order chi connectivity index (χ0) is 30.6. The van der Waals surface area contributed by atoms with Gasteiger partial charge in [-0.05, 0) is 63.4 Å². The lowest BCUT2D eigenvalue weighted by Gasteiger charge is -2.46. The van der Waals surface area contributed by atoms with Gasteiger partial charge in [-0.3, -0.25) is 19.3 Å². The number of hydrogen-bond donors (Lipinski definition) is 3. The van der Waals surface area contributed by atoms with Gasteiger partial charge in [-0.2, -0.15) is 0 Å². The molecular weight excluding hydrogens is 542 g/mol. The predicted molar refractivity (Wildman–Crippen MR) is 155 cm³/mol. The first-order chi connectivity index (χ1) is 20.0. The number of anilines is 1. The number of rotatable bonds is 12. The average molecular weight is 582 g/mol. The molecule has 1 aromatic carbocycles. The summed E-state index contributed by atoms with van der Waals surface area (Å²) in [6.45, 7) is 9.64. The molecule has 0 radical (unpaired) electrons. The van der Waals surface area contributed by atoms with Crippen LogP contribution < -0.4 is 10.9 Å². The molecule has 1 aliphatic rings. The Kier molecular flexibility index (Phi) is 9.45. The zero-order valence-electron chi connectivity index (χ0n) is 24.6. The van der Waals surface area contributed by atoms with E-state index in [9.17, 15) is 24.3 Å². The topological polar surface area (TPSA) is 168 Å². The van der Waals surface area contributed by atoms with Gasteiger partial charge < -0.3 is 19.9 Å². The number of aliphatic carboxylic acids is 2. The summed E-state index contributed by atoms with van der Waals surface area (Å²) in [5, 5.41) is 30.8. The van der Waals surface area contributed by atoms with Gasteiger partial charge in [-0.1, -0.05) is 38.3 Å². The molecule has 1 fully saturated rings. The second-order valence-corrected chi connectivity index (χ2v) is 11.1. The second-order valence-electron chi connectivity index (χ2n) is 11.1. The number of nitrogens with zero attached hydrogens (tertiary/aromatic N) is 4. The number of carboxylic acid groups (broad SMARTS) is 2. The van der Waals surface area contributed by atoms with Crippen LogP contribution in [0.2, 0.25) is 0 Å². The Balaban J connectivity index is 1.65. The normalized spacial score (nSPS) is 16.3. The molecule has 12 nitrogen and oxygen atoms in total. The summed E-state index contributed by atoms with van der Waals surface area (Å²) in [6.07, 6.45) is 6.35. The molecule has 12 heteroatoms. The number of carbonyl (C=O) groups excluding carboxylic acids is 1. The Hall–Kier alpha value is -4.06. The van der Waals surface area contributed by atoms with Crippen LogP contribution in [0.25, 0.3) is 11.0 Å². The molecule has 0 saturated heterocycles. The fraction of sp³-hybridized carbons (Fsp3) is 0.533. The molecule has 0 bridgehead atoms. The van der Waals surface area contributed by atoms with E-state index in [1.165, 1.54) is 17.2 Å². The first-order valence-electron chi connectivity index (χ1n) is 14.5. The minimum Gasteiger partial charge on any atom is -0.481 e. The summed E-state index contributed by atoms with van der Waals surface area (Å²) in [5.41, 5.74) is 0.520. The minimum absolute atomic E-state index is 0.0558. The van der Waals surface area contributed by atoms with Gasteiger partial charge in [0.15, 0.2) is 0 Å². The van der Waals surface area contributed by atoms with E-state index >= 15 is 0 Å². The maximum absolute atomic E-state index is 13.5. The Labute approximate surface area is 243 Å². The van der Waals surface area contributed by atoms with Crippen LogP contribution in [0.1, 0.15) is 82.2 Å². The van der Waals surface area contributed by atoms with E-state index in [-0.39, 0.29) is 16.8 Å². The quantitative estimate of drug-likeness (QED) is 0.265. The van der Waals surface area contributed by atoms with Gasteiger partial charge in [-0.25, -0.2) is 9.48 Å². The fourth-order valence-corrected chi connectivity index (χ4v) is 6.36. The standard InChI is InChI=1S/C30H39N5O7/c1-5-34(6-2)30(4,19-10-8-7-9-11-19)25-17-35(33-32-25)23(16-27(38)39)28(40)31-20-12-13-21-18(3)22(15-26(36)37)29(41)42-24(21)14-20/h12-14,17,19,23H,5-11,15-16H2,1-4H3,(H,31,40)(H,36,37)(H,38,39). The lowest BCUT2D eigenvalue weighted by atomic mass is 9.73. The summed E-state index contributed by atoms with van der Waals surface area (Å²) in [6, 6.07) is 3.48. The van der Waals surface area contributed by atoms with Crippen molar-refractivity contribution in [1.29, 1.82) is 0 Å². The molecule has 1 aliphatic carbocycles. The van der Waals surface area contributed by atoms with E-state index in [0.29, 0.717) is 22.6 Å². The second kappa shape index (κ2) is 12.8. The highest BCUT2D eigenvalue weighted by atomic mass is 16.4. The van der Waals surface area contributed by atoms with E-state index < -0.39 is 47.9 Å². The van der Waals surface area contributed by atoms with Gasteiger partial charge in [0.25, 0.3) is 0 Å². The third-order valence-corrected chi connectivity index (χ3v) is 8.72. The molecule has 3 N–H and O–H groups in total. The van der Waals surface area contributed by atoms with E-state index in [2.05, 4.69) is 41.3 Å². The fourth-order valence-electron chi connectivity index (χ4n) is 6.36. The van der Waals surface area contributed by atoms with E-state index in [0.717, 1.165) is 38.8 Å². The van der Waals surface area contributed by atoms with Crippen molar-refractivity contribution in [2.75, 3.05) is 18.4 Å². The maximum Gasteiger partial charge on any atom is 0.340 e. The Morgan fingerprint density at radius 1 is 1.14 bits per heavy atom. The summed E-state index contributed by atoms with van der Waals surface area (Å²) >= 11 is 0. The smallest absolute Gasteiger partial charge is 0.340 e. The summed E-state index contributed by atoms with van der Waals surface area (Å²) in [7, 11) is 0. The lowest BCUT2D eigenvalue weighted by Crippen LogP contribution is -2.50. The van der Waals surface area contributed by atoms with E-state index in [1.807, 2.05) is 0 Å². The van der Waals surface area contributed by atoms with Gasteiger partial charge in [-0.15, -0.1) is 5.10 Å². The number of amides is 1. The van der Waals surface area contributed by atoms with Gasteiger partial charge in [0.05, 0.1) is 30.1 Å². The molecule has 1 amide bonds. The maximum atomic E-state index is 13.5. The van der Waals surface area contributed by atoms with Crippen molar-refractivity contribution in [3.63, 3.8) is 0 Å². The van der Waals surface area contributed by atoms with Gasteiger partial charge in [0, 0.05) is 17.1 Å². The molecule has 2 unspecified atom stereocenters. The Morgan fingerprint density at radius 2 is 1.83 bits per heavy atom. The van der Waals surface area contributed by atoms with E-state index in [1.54, 1.807) is 25.3 Å². The number of fused-ring (bicyclic) bond motifs is 1.